The van der Waals surface area contributed by atoms with Gasteiger partial charge in [-0.05, 0) is 96.6 Å². The number of hydrogen-bond donors (Lipinski definition) is 0. The van der Waals surface area contributed by atoms with Gasteiger partial charge in [0.1, 0.15) is 0 Å². The minimum Gasteiger partial charge on any atom is -0.345 e. The molecule has 4 heteroatoms. The maximum absolute atomic E-state index is 5.08. The van der Waals surface area contributed by atoms with Crippen LogP contribution in [0.25, 0.3) is 101 Å². The van der Waals surface area contributed by atoms with Crippen LogP contribution in [0, 0.1) is 32.0 Å². The van der Waals surface area contributed by atoms with Crippen molar-refractivity contribution in [3.8, 4) is 101 Å². The van der Waals surface area contributed by atoms with Gasteiger partial charge in [0.2, 0.25) is 0 Å². The van der Waals surface area contributed by atoms with Crippen LogP contribution >= 0.6 is 0 Å². The first-order chi connectivity index (χ1) is 36.2. The van der Waals surface area contributed by atoms with Crippen molar-refractivity contribution in [2.75, 3.05) is 0 Å². The van der Waals surface area contributed by atoms with Gasteiger partial charge in [0.15, 0.2) is 0 Å². The molecular formula is C71H58IrN3. The molecule has 0 amide bonds. The van der Waals surface area contributed by atoms with E-state index in [0.29, 0.717) is 11.8 Å². The summed E-state index contributed by atoms with van der Waals surface area (Å²) in [5, 5.41) is 0. The molecule has 0 bridgehead atoms. The number of rotatable bonds is 11. The Morgan fingerprint density at radius 2 is 0.733 bits per heavy atom. The fraction of sp³-hybridized carbons (Fsp3) is 0.113. The monoisotopic (exact) mass is 1150 g/mol. The number of pyridine rings is 3. The first kappa shape index (κ1) is 51.7. The summed E-state index contributed by atoms with van der Waals surface area (Å²) < 4.78 is 0. The quantitative estimate of drug-likeness (QED) is 0.121. The molecule has 0 unspecified atom stereocenters. The van der Waals surface area contributed by atoms with Crippen LogP contribution in [0.5, 0.6) is 0 Å². The molecule has 0 aliphatic carbocycles. The van der Waals surface area contributed by atoms with Crippen LogP contribution in [0.1, 0.15) is 61.8 Å². The maximum atomic E-state index is 5.08. The first-order valence-electron chi connectivity index (χ1n) is 25.6. The van der Waals surface area contributed by atoms with Crippen LogP contribution < -0.4 is 0 Å². The third-order valence-electron chi connectivity index (χ3n) is 13.7. The van der Waals surface area contributed by atoms with Gasteiger partial charge in [0.05, 0.1) is 0 Å². The van der Waals surface area contributed by atoms with Crippen LogP contribution in [0.4, 0.5) is 0 Å². The van der Waals surface area contributed by atoms with Gasteiger partial charge in [0.25, 0.3) is 0 Å². The zero-order valence-corrected chi connectivity index (χ0v) is 45.7. The molecule has 8 aromatic carbocycles. The molecule has 0 aliphatic rings. The molecule has 0 aliphatic heterocycles. The molecule has 75 heavy (non-hydrogen) atoms. The van der Waals surface area contributed by atoms with E-state index in [9.17, 15) is 0 Å². The Hall–Kier alpha value is -8.14. The second kappa shape index (κ2) is 23.8. The zero-order valence-electron chi connectivity index (χ0n) is 43.3. The predicted octanol–water partition coefficient (Wildman–Crippen LogP) is 18.8. The molecule has 3 nitrogen and oxygen atoms in total. The van der Waals surface area contributed by atoms with E-state index < -0.39 is 0 Å². The Labute approximate surface area is 457 Å². The van der Waals surface area contributed by atoms with Crippen LogP contribution in [0.3, 0.4) is 0 Å². The Balaban J connectivity index is 0.000000188. The van der Waals surface area contributed by atoms with E-state index in [1.165, 1.54) is 77.9 Å². The summed E-state index contributed by atoms with van der Waals surface area (Å²) >= 11 is 0. The average Bonchev–Trinajstić information content (AvgIpc) is 3.47. The molecule has 366 valence electrons. The van der Waals surface area contributed by atoms with E-state index >= 15 is 0 Å². The van der Waals surface area contributed by atoms with Gasteiger partial charge >= 0.3 is 20.1 Å². The molecule has 11 rings (SSSR count). The van der Waals surface area contributed by atoms with E-state index in [1.807, 2.05) is 91.3 Å². The van der Waals surface area contributed by atoms with Gasteiger partial charge in [0, 0.05) is 23.8 Å². The molecule has 3 aromatic heterocycles. The fourth-order valence-electron chi connectivity index (χ4n) is 9.91. The summed E-state index contributed by atoms with van der Waals surface area (Å²) in [6.45, 7) is 13.5. The Morgan fingerprint density at radius 3 is 1.12 bits per heavy atom. The van der Waals surface area contributed by atoms with Gasteiger partial charge in [-0.3, -0.25) is 9.97 Å². The predicted molar refractivity (Wildman–Crippen MR) is 309 cm³/mol. The number of aromatic nitrogens is 3. The van der Waals surface area contributed by atoms with E-state index in [-0.39, 0.29) is 20.1 Å². The standard InChI is InChI=1S/C41H35N.C30H23N2.Ir/c1-28(2)37-24-35(32-22-20-31(21-23-32)30-14-8-5-9-15-30)25-38(29(3)4)41(37)36-26-39(33-16-10-6-11-17-33)42-40(27-36)34-18-12-7-13-19-34;1-21-26(28-12-6-8-18-31-28)20-27(29-13-7-9-19-32-29)22(2)30(21)25-16-14-24(15-17-25)23-10-4-3-5-11-23;/h5-16,18,20-29H,1-4H3;3-19H,1-2H3;/q-2;-1;+3. The molecule has 0 saturated carbocycles. The third kappa shape index (κ3) is 11.6. The summed E-state index contributed by atoms with van der Waals surface area (Å²) in [5.74, 6) is 0.681. The van der Waals surface area contributed by atoms with Crippen molar-refractivity contribution < 1.29 is 20.1 Å². The van der Waals surface area contributed by atoms with Gasteiger partial charge in [-0.15, -0.1) is 89.0 Å². The average molecular weight is 1150 g/mol. The largest absolute Gasteiger partial charge is 3.00 e. The minimum absolute atomic E-state index is 0. The van der Waals surface area contributed by atoms with Crippen molar-refractivity contribution in [2.45, 2.75) is 53.4 Å². The summed E-state index contributed by atoms with van der Waals surface area (Å²) in [6.07, 6.45) is 3.66. The molecular weight excluding hydrogens is 1090 g/mol. The SMILES string of the molecule is CC(C)c1cc(-c2ccc(-c3ccccc3)cc2)cc(C(C)C)c1-c1cc(-c2[c-]cccc2)nc(-c2[c-]cccc2)c1.Cc1c(-c2ccccn2)[c-]c(-c2ccccn2)c(C)c1-c1ccc(-c2ccccc2)cc1.[Ir+3]. The van der Waals surface area contributed by atoms with Crippen LogP contribution in [-0.2, 0) is 20.1 Å². The van der Waals surface area contributed by atoms with E-state index in [1.54, 1.807) is 0 Å². The van der Waals surface area contributed by atoms with Crippen molar-refractivity contribution in [3.63, 3.8) is 0 Å². The molecule has 0 N–H and O–H groups in total. The van der Waals surface area contributed by atoms with E-state index in [0.717, 1.165) is 45.0 Å². The van der Waals surface area contributed by atoms with Gasteiger partial charge < -0.3 is 4.98 Å². The van der Waals surface area contributed by atoms with Crippen LogP contribution in [0.2, 0.25) is 0 Å². The summed E-state index contributed by atoms with van der Waals surface area (Å²) in [7, 11) is 0. The molecule has 3 heterocycles. The summed E-state index contributed by atoms with van der Waals surface area (Å²) in [5.41, 5.74) is 25.0. The Kier molecular flexibility index (Phi) is 16.4. The summed E-state index contributed by atoms with van der Waals surface area (Å²) in [4.78, 5) is 14.3. The number of hydrogen-bond acceptors (Lipinski definition) is 3. The smallest absolute Gasteiger partial charge is 0.345 e. The van der Waals surface area contributed by atoms with Crippen molar-refractivity contribution in [1.29, 1.82) is 0 Å². The first-order valence-corrected chi connectivity index (χ1v) is 25.6. The number of benzene rings is 8. The molecule has 0 radical (unpaired) electrons. The van der Waals surface area contributed by atoms with E-state index in [2.05, 4.69) is 209 Å². The fourth-order valence-corrected chi connectivity index (χ4v) is 9.91. The third-order valence-corrected chi connectivity index (χ3v) is 13.7. The van der Waals surface area contributed by atoms with Gasteiger partial charge in [-0.1, -0.05) is 216 Å². The normalized spacial score (nSPS) is 10.9. The van der Waals surface area contributed by atoms with E-state index in [4.69, 9.17) is 4.98 Å². The van der Waals surface area contributed by atoms with Crippen molar-refractivity contribution >= 4 is 0 Å². The maximum Gasteiger partial charge on any atom is 3.00 e. The Morgan fingerprint density at radius 1 is 0.347 bits per heavy atom. The van der Waals surface area contributed by atoms with Gasteiger partial charge in [-0.2, -0.15) is 0 Å². The van der Waals surface area contributed by atoms with Gasteiger partial charge in [-0.25, -0.2) is 0 Å². The molecule has 11 aromatic rings. The van der Waals surface area contributed by atoms with Crippen LogP contribution in [-0.4, -0.2) is 15.0 Å². The van der Waals surface area contributed by atoms with Crippen molar-refractivity contribution in [3.05, 3.63) is 271 Å². The second-order valence-corrected chi connectivity index (χ2v) is 19.3. The molecule has 0 atom stereocenters. The molecule has 0 spiro atoms. The minimum atomic E-state index is 0. The second-order valence-electron chi connectivity index (χ2n) is 19.3. The number of nitrogens with zero attached hydrogens (tertiary/aromatic N) is 3. The van der Waals surface area contributed by atoms with Crippen LogP contribution in [0.15, 0.2) is 231 Å². The Bertz CT molecular complexity index is 3470. The zero-order chi connectivity index (χ0) is 51.0. The van der Waals surface area contributed by atoms with Crippen molar-refractivity contribution in [2.24, 2.45) is 0 Å². The van der Waals surface area contributed by atoms with Crippen molar-refractivity contribution in [1.82, 2.24) is 15.0 Å². The molecule has 0 fully saturated rings. The topological polar surface area (TPSA) is 38.7 Å². The molecule has 0 saturated heterocycles. The summed E-state index contributed by atoms with van der Waals surface area (Å²) in [6, 6.07) is 86.7.